The number of benzene rings is 9. The molecule has 12 rings (SSSR count). The van der Waals surface area contributed by atoms with Gasteiger partial charge in [-0.05, 0) is 124 Å². The van der Waals surface area contributed by atoms with Gasteiger partial charge in [-0.25, -0.2) is 15.0 Å². The summed E-state index contributed by atoms with van der Waals surface area (Å²) >= 11 is 1.79. The summed E-state index contributed by atoms with van der Waals surface area (Å²) in [4.78, 5) is 15.6. The third kappa shape index (κ3) is 7.26. The minimum Gasteiger partial charge on any atom is -0.308 e. The molecular formula is C61H32N8S. The van der Waals surface area contributed by atoms with E-state index in [9.17, 15) is 21.0 Å². The lowest BCUT2D eigenvalue weighted by molar-refractivity contribution is 1.06. The lowest BCUT2D eigenvalue weighted by Gasteiger charge is -2.17. The fourth-order valence-corrected chi connectivity index (χ4v) is 10.5. The van der Waals surface area contributed by atoms with Crippen molar-refractivity contribution in [2.24, 2.45) is 0 Å². The number of nitriles is 4. The molecule has 0 bridgehead atoms. The monoisotopic (exact) mass is 908 g/mol. The third-order valence-electron chi connectivity index (χ3n) is 12.7. The number of aromatic nitrogens is 4. The minimum atomic E-state index is 0.391. The largest absolute Gasteiger partial charge is 0.308 e. The zero-order valence-electron chi connectivity index (χ0n) is 37.0. The zero-order chi connectivity index (χ0) is 47.3. The fraction of sp³-hybridized carbons (Fsp3) is 0. The van der Waals surface area contributed by atoms with E-state index < -0.39 is 0 Å². The van der Waals surface area contributed by atoms with Crippen LogP contribution in [0.5, 0.6) is 0 Å². The van der Waals surface area contributed by atoms with Gasteiger partial charge in [0.25, 0.3) is 0 Å². The van der Waals surface area contributed by atoms with E-state index in [-0.39, 0.29) is 0 Å². The molecule has 0 N–H and O–H groups in total. The first-order valence-corrected chi connectivity index (χ1v) is 23.2. The van der Waals surface area contributed by atoms with Crippen LogP contribution in [0.15, 0.2) is 194 Å². The van der Waals surface area contributed by atoms with E-state index in [4.69, 9.17) is 15.0 Å². The molecule has 3 aromatic heterocycles. The van der Waals surface area contributed by atoms with Crippen molar-refractivity contribution >= 4 is 53.3 Å². The molecule has 0 atom stereocenters. The van der Waals surface area contributed by atoms with Gasteiger partial charge in [0.15, 0.2) is 17.5 Å². The van der Waals surface area contributed by atoms with E-state index in [1.165, 1.54) is 20.2 Å². The van der Waals surface area contributed by atoms with Crippen molar-refractivity contribution in [2.75, 3.05) is 0 Å². The maximum atomic E-state index is 9.92. The van der Waals surface area contributed by atoms with Crippen LogP contribution < -0.4 is 0 Å². The summed E-state index contributed by atoms with van der Waals surface area (Å²) in [5, 5.41) is 43.9. The molecule has 0 spiro atoms. The van der Waals surface area contributed by atoms with E-state index in [0.717, 1.165) is 77.6 Å². The molecule has 0 aliphatic heterocycles. The van der Waals surface area contributed by atoms with E-state index in [1.807, 2.05) is 72.8 Å². The average Bonchev–Trinajstić information content (AvgIpc) is 3.97. The molecule has 0 aliphatic carbocycles. The lowest BCUT2D eigenvalue weighted by atomic mass is 9.97. The highest BCUT2D eigenvalue weighted by Crippen LogP contribution is 2.42. The number of nitrogens with zero attached hydrogens (tertiary/aromatic N) is 8. The number of hydrogen-bond acceptors (Lipinski definition) is 8. The molecule has 322 valence electrons. The normalized spacial score (nSPS) is 11.1. The van der Waals surface area contributed by atoms with E-state index in [2.05, 4.69) is 114 Å². The predicted octanol–water partition coefficient (Wildman–Crippen LogP) is 14.8. The van der Waals surface area contributed by atoms with Crippen LogP contribution in [0.1, 0.15) is 22.3 Å². The quantitative estimate of drug-likeness (QED) is 0.155. The molecule has 9 aromatic carbocycles. The molecule has 0 amide bonds. The van der Waals surface area contributed by atoms with Crippen LogP contribution in [-0.2, 0) is 0 Å². The van der Waals surface area contributed by atoms with Crippen LogP contribution in [0.3, 0.4) is 0 Å². The first-order valence-electron chi connectivity index (χ1n) is 22.4. The fourth-order valence-electron chi connectivity index (χ4n) is 9.41. The van der Waals surface area contributed by atoms with Gasteiger partial charge >= 0.3 is 0 Å². The van der Waals surface area contributed by atoms with Gasteiger partial charge in [0.05, 0.1) is 63.3 Å². The highest BCUT2D eigenvalue weighted by molar-refractivity contribution is 7.25. The standard InChI is InChI=1S/C61H32N8S/c62-33-37-23-38(34-63)26-47(25-37)45-16-19-54-50(29-45)51-30-46(48-27-39(35-64)24-40(28-48)36-65)17-20-55(51)69(54)56-21-15-43(44-18-22-58-52(31-44)49-13-7-8-14-57(49)70-58)32-53(56)61-67-59(41-9-3-1-4-10-41)66-60(68-61)42-11-5-2-6-12-42/h1-32H. The molecule has 9 heteroatoms. The number of thiophene rings is 1. The number of hydrogen-bond donors (Lipinski definition) is 0. The highest BCUT2D eigenvalue weighted by Gasteiger charge is 2.22. The Balaban J connectivity index is 1.15. The van der Waals surface area contributed by atoms with Crippen molar-refractivity contribution in [2.45, 2.75) is 0 Å². The Bertz CT molecular complexity index is 4040. The molecule has 0 radical (unpaired) electrons. The Kier molecular flexibility index (Phi) is 10.1. The molecule has 0 saturated heterocycles. The van der Waals surface area contributed by atoms with Gasteiger partial charge in [0.2, 0.25) is 0 Å². The second-order valence-corrected chi connectivity index (χ2v) is 18.0. The molecule has 70 heavy (non-hydrogen) atoms. The predicted molar refractivity (Wildman–Crippen MR) is 279 cm³/mol. The molecule has 3 heterocycles. The van der Waals surface area contributed by atoms with Gasteiger partial charge in [-0.1, -0.05) is 103 Å². The molecule has 0 fully saturated rings. The van der Waals surface area contributed by atoms with Gasteiger partial charge < -0.3 is 4.57 Å². The topological polar surface area (TPSA) is 139 Å². The molecule has 0 aliphatic rings. The van der Waals surface area contributed by atoms with Crippen molar-refractivity contribution in [3.05, 3.63) is 216 Å². The Morgan fingerprint density at radius 1 is 0.329 bits per heavy atom. The Labute approximate surface area is 405 Å². The first kappa shape index (κ1) is 41.4. The van der Waals surface area contributed by atoms with Crippen molar-refractivity contribution in [1.82, 2.24) is 19.5 Å². The molecule has 0 saturated carbocycles. The lowest BCUT2D eigenvalue weighted by Crippen LogP contribution is -2.04. The van der Waals surface area contributed by atoms with Crippen LogP contribution in [0.4, 0.5) is 0 Å². The van der Waals surface area contributed by atoms with Crippen molar-refractivity contribution in [1.29, 1.82) is 21.0 Å². The molecule has 0 unspecified atom stereocenters. The third-order valence-corrected chi connectivity index (χ3v) is 13.9. The van der Waals surface area contributed by atoms with Crippen LogP contribution in [0.2, 0.25) is 0 Å². The van der Waals surface area contributed by atoms with Crippen molar-refractivity contribution < 1.29 is 0 Å². The molecule has 12 aromatic rings. The first-order chi connectivity index (χ1) is 34.4. The molecular weight excluding hydrogens is 877 g/mol. The summed E-state index contributed by atoms with van der Waals surface area (Å²) in [7, 11) is 0. The van der Waals surface area contributed by atoms with Crippen LogP contribution in [0.25, 0.3) is 115 Å². The van der Waals surface area contributed by atoms with Crippen molar-refractivity contribution in [3.8, 4) is 97.5 Å². The second kappa shape index (κ2) is 17.0. The summed E-state index contributed by atoms with van der Waals surface area (Å²) in [6.45, 7) is 0. The average molecular weight is 909 g/mol. The van der Waals surface area contributed by atoms with E-state index >= 15 is 0 Å². The minimum absolute atomic E-state index is 0.391. The van der Waals surface area contributed by atoms with Gasteiger partial charge in [-0.15, -0.1) is 11.3 Å². The maximum absolute atomic E-state index is 9.92. The summed E-state index contributed by atoms with van der Waals surface area (Å²) in [5.41, 5.74) is 11.8. The Morgan fingerprint density at radius 3 is 1.30 bits per heavy atom. The molecule has 8 nitrogen and oxygen atoms in total. The summed E-state index contributed by atoms with van der Waals surface area (Å²) in [6.07, 6.45) is 0. The van der Waals surface area contributed by atoms with Gasteiger partial charge in [0.1, 0.15) is 0 Å². The zero-order valence-corrected chi connectivity index (χ0v) is 37.8. The SMILES string of the molecule is N#Cc1cc(C#N)cc(-c2ccc3c(c2)c2cc(-c4cc(C#N)cc(C#N)c4)ccc2n3-c2ccc(-c3ccc4sc5ccccc5c4c3)cc2-c2nc(-c3ccccc3)nc(-c3ccccc3)n2)c1. The van der Waals surface area contributed by atoms with Crippen molar-refractivity contribution in [3.63, 3.8) is 0 Å². The van der Waals surface area contributed by atoms with Gasteiger partial charge in [0, 0.05) is 47.6 Å². The van der Waals surface area contributed by atoms with Gasteiger partial charge in [-0.2, -0.15) is 21.0 Å². The highest BCUT2D eigenvalue weighted by atomic mass is 32.1. The summed E-state index contributed by atoms with van der Waals surface area (Å²) in [6, 6.07) is 73.1. The van der Waals surface area contributed by atoms with Crippen LogP contribution in [-0.4, -0.2) is 19.5 Å². The second-order valence-electron chi connectivity index (χ2n) is 16.9. The number of fused-ring (bicyclic) bond motifs is 6. The van der Waals surface area contributed by atoms with Crippen LogP contribution in [0, 0.1) is 45.3 Å². The number of rotatable bonds is 7. The van der Waals surface area contributed by atoms with Gasteiger partial charge in [-0.3, -0.25) is 0 Å². The summed E-state index contributed by atoms with van der Waals surface area (Å²) < 4.78 is 4.69. The van der Waals surface area contributed by atoms with E-state index in [0.29, 0.717) is 39.7 Å². The Morgan fingerprint density at radius 2 is 0.757 bits per heavy atom. The summed E-state index contributed by atoms with van der Waals surface area (Å²) in [5.74, 6) is 1.57. The van der Waals surface area contributed by atoms with Crippen LogP contribution >= 0.6 is 11.3 Å². The Hall–Kier alpha value is -10.0. The maximum Gasteiger partial charge on any atom is 0.166 e. The van der Waals surface area contributed by atoms with E-state index in [1.54, 1.807) is 47.7 Å². The smallest absolute Gasteiger partial charge is 0.166 e.